The predicted octanol–water partition coefficient (Wildman–Crippen LogP) is 1.69. The third kappa shape index (κ3) is 1.56. The summed E-state index contributed by atoms with van der Waals surface area (Å²) in [5.41, 5.74) is 15.6. The normalized spacial score (nSPS) is 20.1. The average Bonchev–Trinajstić information content (AvgIpc) is 2.74. The van der Waals surface area contributed by atoms with E-state index >= 15 is 0 Å². The van der Waals surface area contributed by atoms with Crippen molar-refractivity contribution in [1.82, 2.24) is 9.97 Å². The lowest BCUT2D eigenvalue weighted by molar-refractivity contribution is 0.105. The van der Waals surface area contributed by atoms with Gasteiger partial charge in [-0.25, -0.2) is 4.98 Å². The molecule has 4 nitrogen and oxygen atoms in total. The van der Waals surface area contributed by atoms with Gasteiger partial charge in [0.25, 0.3) is 0 Å². The molecule has 1 fully saturated rings. The van der Waals surface area contributed by atoms with Crippen LogP contribution >= 0.6 is 0 Å². The molecule has 0 bridgehead atoms. The van der Waals surface area contributed by atoms with E-state index in [1.807, 2.05) is 6.07 Å². The number of hydrogen-bond acceptors (Lipinski definition) is 3. The van der Waals surface area contributed by atoms with Crippen LogP contribution in [0.4, 0.5) is 0 Å². The zero-order valence-electron chi connectivity index (χ0n) is 9.82. The monoisotopic (exact) mass is 230 g/mol. The maximum Gasteiger partial charge on any atom is 0.0931 e. The second kappa shape index (κ2) is 3.82. The van der Waals surface area contributed by atoms with E-state index < -0.39 is 0 Å². The van der Waals surface area contributed by atoms with Gasteiger partial charge in [0.2, 0.25) is 0 Å². The molecule has 1 aromatic heterocycles. The standard InChI is InChI=1S/C13H18N4/c14-7-13(4-1-5-13)12(15)9-2-3-10-11(6-9)17-8-16-10/h2-3,6,8,12H,1,4-5,7,14-15H2,(H,16,17). The van der Waals surface area contributed by atoms with Gasteiger partial charge in [-0.05, 0) is 37.1 Å². The molecule has 0 spiro atoms. The van der Waals surface area contributed by atoms with Crippen molar-refractivity contribution in [2.75, 3.05) is 6.54 Å². The van der Waals surface area contributed by atoms with Gasteiger partial charge < -0.3 is 16.5 Å². The smallest absolute Gasteiger partial charge is 0.0931 e. The summed E-state index contributed by atoms with van der Waals surface area (Å²) in [6.07, 6.45) is 5.25. The number of fused-ring (bicyclic) bond motifs is 1. The third-order valence-corrected chi connectivity index (χ3v) is 4.22. The molecule has 2 aromatic rings. The number of nitrogens with zero attached hydrogens (tertiary/aromatic N) is 1. The van der Waals surface area contributed by atoms with Crippen LogP contribution in [-0.4, -0.2) is 16.5 Å². The molecule has 0 saturated heterocycles. The van der Waals surface area contributed by atoms with Crippen LogP contribution in [0.3, 0.4) is 0 Å². The van der Waals surface area contributed by atoms with Crippen molar-refractivity contribution in [1.29, 1.82) is 0 Å². The highest BCUT2D eigenvalue weighted by Crippen LogP contribution is 2.48. The second-order valence-corrected chi connectivity index (χ2v) is 5.08. The number of nitrogens with two attached hydrogens (primary N) is 2. The van der Waals surface area contributed by atoms with E-state index in [2.05, 4.69) is 22.1 Å². The lowest BCUT2D eigenvalue weighted by atomic mass is 9.63. The summed E-state index contributed by atoms with van der Waals surface area (Å²) in [7, 11) is 0. The lowest BCUT2D eigenvalue weighted by Crippen LogP contribution is -2.46. The Morgan fingerprint density at radius 2 is 2.24 bits per heavy atom. The molecule has 1 atom stereocenters. The fourth-order valence-corrected chi connectivity index (χ4v) is 2.77. The lowest BCUT2D eigenvalue weighted by Gasteiger charge is -2.45. The van der Waals surface area contributed by atoms with Gasteiger partial charge in [0.1, 0.15) is 0 Å². The minimum absolute atomic E-state index is 0.0361. The van der Waals surface area contributed by atoms with Crippen LogP contribution in [0.1, 0.15) is 30.9 Å². The molecule has 1 saturated carbocycles. The van der Waals surface area contributed by atoms with Crippen LogP contribution in [0.25, 0.3) is 11.0 Å². The number of rotatable bonds is 3. The van der Waals surface area contributed by atoms with Crippen LogP contribution in [0.5, 0.6) is 0 Å². The van der Waals surface area contributed by atoms with Crippen molar-refractivity contribution in [3.63, 3.8) is 0 Å². The fraction of sp³-hybridized carbons (Fsp3) is 0.462. The van der Waals surface area contributed by atoms with Gasteiger partial charge in [-0.2, -0.15) is 0 Å². The minimum atomic E-state index is 0.0361. The molecule has 0 radical (unpaired) electrons. The summed E-state index contributed by atoms with van der Waals surface area (Å²) in [6, 6.07) is 6.23. The largest absolute Gasteiger partial charge is 0.345 e. The topological polar surface area (TPSA) is 80.7 Å². The van der Waals surface area contributed by atoms with E-state index in [0.29, 0.717) is 6.54 Å². The van der Waals surface area contributed by atoms with Crippen molar-refractivity contribution in [3.8, 4) is 0 Å². The summed E-state index contributed by atoms with van der Waals surface area (Å²) in [5.74, 6) is 0. The summed E-state index contributed by atoms with van der Waals surface area (Å²) < 4.78 is 0. The fourth-order valence-electron chi connectivity index (χ4n) is 2.77. The van der Waals surface area contributed by atoms with Crippen molar-refractivity contribution in [3.05, 3.63) is 30.1 Å². The number of benzene rings is 1. The van der Waals surface area contributed by atoms with E-state index in [4.69, 9.17) is 11.5 Å². The highest BCUT2D eigenvalue weighted by molar-refractivity contribution is 5.75. The average molecular weight is 230 g/mol. The Morgan fingerprint density at radius 1 is 1.41 bits per heavy atom. The van der Waals surface area contributed by atoms with Gasteiger partial charge in [-0.1, -0.05) is 12.5 Å². The van der Waals surface area contributed by atoms with Crippen LogP contribution in [0.15, 0.2) is 24.5 Å². The van der Waals surface area contributed by atoms with E-state index in [0.717, 1.165) is 29.4 Å². The number of hydrogen-bond donors (Lipinski definition) is 3. The van der Waals surface area contributed by atoms with Crippen LogP contribution in [0.2, 0.25) is 0 Å². The molecule has 17 heavy (non-hydrogen) atoms. The molecule has 0 aliphatic heterocycles. The molecule has 3 rings (SSSR count). The molecule has 5 N–H and O–H groups in total. The van der Waals surface area contributed by atoms with Crippen LogP contribution < -0.4 is 11.5 Å². The summed E-state index contributed by atoms with van der Waals surface area (Å²) in [4.78, 5) is 7.34. The first-order valence-corrected chi connectivity index (χ1v) is 6.14. The van der Waals surface area contributed by atoms with E-state index in [-0.39, 0.29) is 11.5 Å². The summed E-state index contributed by atoms with van der Waals surface area (Å²) in [6.45, 7) is 0.676. The molecule has 1 aromatic carbocycles. The Morgan fingerprint density at radius 3 is 2.88 bits per heavy atom. The Bertz CT molecular complexity index is 521. The van der Waals surface area contributed by atoms with Gasteiger partial charge in [-0.3, -0.25) is 0 Å². The predicted molar refractivity (Wildman–Crippen MR) is 68.4 cm³/mol. The number of aromatic nitrogens is 2. The Kier molecular flexibility index (Phi) is 2.42. The first-order chi connectivity index (χ1) is 8.25. The first-order valence-electron chi connectivity index (χ1n) is 6.14. The Labute approximate surface area is 100 Å². The zero-order chi connectivity index (χ0) is 11.9. The summed E-state index contributed by atoms with van der Waals surface area (Å²) in [5, 5.41) is 0. The van der Waals surface area contributed by atoms with E-state index in [9.17, 15) is 0 Å². The van der Waals surface area contributed by atoms with Gasteiger partial charge in [0.15, 0.2) is 0 Å². The van der Waals surface area contributed by atoms with Crippen molar-refractivity contribution < 1.29 is 0 Å². The van der Waals surface area contributed by atoms with Crippen molar-refractivity contribution in [2.24, 2.45) is 16.9 Å². The molecule has 4 heteroatoms. The summed E-state index contributed by atoms with van der Waals surface area (Å²) >= 11 is 0. The van der Waals surface area contributed by atoms with Crippen molar-refractivity contribution in [2.45, 2.75) is 25.3 Å². The Balaban J connectivity index is 1.97. The number of nitrogens with one attached hydrogen (secondary N) is 1. The van der Waals surface area contributed by atoms with E-state index in [1.54, 1.807) is 6.33 Å². The molecule has 0 amide bonds. The first kappa shape index (κ1) is 10.7. The van der Waals surface area contributed by atoms with Crippen LogP contribution in [0, 0.1) is 5.41 Å². The maximum absolute atomic E-state index is 6.39. The molecule has 90 valence electrons. The number of aromatic amines is 1. The zero-order valence-corrected chi connectivity index (χ0v) is 9.82. The number of imidazole rings is 1. The molecular formula is C13H18N4. The van der Waals surface area contributed by atoms with Crippen LogP contribution in [-0.2, 0) is 0 Å². The molecule has 1 aliphatic carbocycles. The molecule has 1 unspecified atom stereocenters. The van der Waals surface area contributed by atoms with Gasteiger partial charge in [-0.15, -0.1) is 0 Å². The Hall–Kier alpha value is -1.39. The highest BCUT2D eigenvalue weighted by Gasteiger charge is 2.41. The van der Waals surface area contributed by atoms with Gasteiger partial charge in [0, 0.05) is 11.5 Å². The molecule has 1 heterocycles. The maximum atomic E-state index is 6.39. The quantitative estimate of drug-likeness (QED) is 0.750. The number of H-pyrrole nitrogens is 1. The minimum Gasteiger partial charge on any atom is -0.345 e. The molecular weight excluding hydrogens is 212 g/mol. The third-order valence-electron chi connectivity index (χ3n) is 4.22. The van der Waals surface area contributed by atoms with Crippen molar-refractivity contribution >= 4 is 11.0 Å². The highest BCUT2D eigenvalue weighted by atomic mass is 14.9. The SMILES string of the molecule is NCC1(C(N)c2ccc3nc[nH]c3c2)CCC1. The molecule has 1 aliphatic rings. The van der Waals surface area contributed by atoms with Gasteiger partial charge >= 0.3 is 0 Å². The van der Waals surface area contributed by atoms with E-state index in [1.165, 1.54) is 6.42 Å². The van der Waals surface area contributed by atoms with Gasteiger partial charge in [0.05, 0.1) is 17.4 Å². The second-order valence-electron chi connectivity index (χ2n) is 5.08.